The number of anilines is 1. The molecule has 0 aliphatic heterocycles. The summed E-state index contributed by atoms with van der Waals surface area (Å²) in [5.74, 6) is -0.355. The van der Waals surface area contributed by atoms with Crippen molar-refractivity contribution in [2.45, 2.75) is 20.3 Å². The van der Waals surface area contributed by atoms with Gasteiger partial charge in [-0.2, -0.15) is 5.10 Å². The van der Waals surface area contributed by atoms with E-state index in [9.17, 15) is 9.59 Å². The number of hydrazone groups is 1. The molecule has 1 heterocycles. The van der Waals surface area contributed by atoms with Crippen LogP contribution in [0, 0.1) is 6.92 Å². The number of hydrogen-bond donors (Lipinski definition) is 2. The molecule has 114 valence electrons. The number of nitrogens with one attached hydrogen (secondary N) is 2. The molecule has 1 aromatic carbocycles. The second-order valence-electron chi connectivity index (χ2n) is 4.65. The van der Waals surface area contributed by atoms with Crippen LogP contribution in [-0.4, -0.2) is 18.0 Å². The van der Waals surface area contributed by atoms with Crippen molar-refractivity contribution in [2.75, 3.05) is 5.32 Å². The Kier molecular flexibility index (Phi) is 5.43. The van der Waals surface area contributed by atoms with Crippen LogP contribution in [-0.2, 0) is 4.79 Å². The zero-order chi connectivity index (χ0) is 15.9. The van der Waals surface area contributed by atoms with Gasteiger partial charge in [0.25, 0.3) is 5.91 Å². The smallest absolute Gasteiger partial charge is 0.271 e. The van der Waals surface area contributed by atoms with E-state index < -0.39 is 0 Å². The third-order valence-electron chi connectivity index (χ3n) is 3.00. The Labute approximate surface area is 133 Å². The summed E-state index contributed by atoms with van der Waals surface area (Å²) in [6, 6.07) is 8.67. The molecule has 0 unspecified atom stereocenters. The second kappa shape index (κ2) is 7.51. The van der Waals surface area contributed by atoms with Gasteiger partial charge >= 0.3 is 0 Å². The molecule has 22 heavy (non-hydrogen) atoms. The Hall–Kier alpha value is -2.47. The first-order valence-corrected chi connectivity index (χ1v) is 7.75. The molecule has 1 aromatic heterocycles. The minimum absolute atomic E-state index is 0.0619. The summed E-state index contributed by atoms with van der Waals surface area (Å²) in [6.45, 7) is 3.77. The number of carbonyl (C=O) groups is 2. The average Bonchev–Trinajstić information content (AvgIpc) is 2.93. The zero-order valence-electron chi connectivity index (χ0n) is 12.4. The molecule has 0 aliphatic carbocycles. The van der Waals surface area contributed by atoms with Gasteiger partial charge in [0.05, 0.1) is 6.21 Å². The van der Waals surface area contributed by atoms with Gasteiger partial charge in [-0.15, -0.1) is 11.3 Å². The predicted molar refractivity (Wildman–Crippen MR) is 89.5 cm³/mol. The summed E-state index contributed by atoms with van der Waals surface area (Å²) >= 11 is 1.57. The van der Waals surface area contributed by atoms with Gasteiger partial charge in [-0.3, -0.25) is 9.59 Å². The Balaban J connectivity index is 1.94. The first kappa shape index (κ1) is 15.9. The molecule has 5 nitrogen and oxygen atoms in total. The van der Waals surface area contributed by atoms with Crippen molar-refractivity contribution >= 4 is 35.1 Å². The van der Waals surface area contributed by atoms with Crippen molar-refractivity contribution in [1.29, 1.82) is 0 Å². The zero-order valence-corrected chi connectivity index (χ0v) is 13.2. The Bertz CT molecular complexity index is 690. The lowest BCUT2D eigenvalue weighted by atomic mass is 10.2. The van der Waals surface area contributed by atoms with Gasteiger partial charge in [-0.05, 0) is 48.2 Å². The molecule has 0 bridgehead atoms. The standard InChI is InChI=1S/C16H17N3O2S/c1-3-15(20)18-13-6-4-12(5-7-13)16(21)19-17-10-14-11(2)8-9-22-14/h4-10H,3H2,1-2H3,(H,18,20)(H,19,21)/b17-10-. The molecular formula is C16H17N3O2S. The lowest BCUT2D eigenvalue weighted by Crippen LogP contribution is -2.17. The number of hydrogen-bond acceptors (Lipinski definition) is 4. The maximum atomic E-state index is 11.9. The molecule has 0 spiro atoms. The lowest BCUT2D eigenvalue weighted by molar-refractivity contribution is -0.115. The van der Waals surface area contributed by atoms with E-state index in [1.54, 1.807) is 48.7 Å². The number of thiophene rings is 1. The van der Waals surface area contributed by atoms with Gasteiger partial charge < -0.3 is 5.32 Å². The van der Waals surface area contributed by atoms with Gasteiger partial charge in [0, 0.05) is 22.5 Å². The molecule has 0 radical (unpaired) electrons. The van der Waals surface area contributed by atoms with Crippen LogP contribution < -0.4 is 10.7 Å². The maximum absolute atomic E-state index is 11.9. The topological polar surface area (TPSA) is 70.6 Å². The van der Waals surface area contributed by atoms with Crippen LogP contribution in [0.5, 0.6) is 0 Å². The molecular weight excluding hydrogens is 298 g/mol. The fraction of sp³-hybridized carbons (Fsp3) is 0.188. The van der Waals surface area contributed by atoms with E-state index in [0.29, 0.717) is 17.7 Å². The van der Waals surface area contributed by atoms with E-state index in [-0.39, 0.29) is 11.8 Å². The first-order chi connectivity index (χ1) is 10.6. The van der Waals surface area contributed by atoms with Gasteiger partial charge in [0.2, 0.25) is 5.91 Å². The van der Waals surface area contributed by atoms with Crippen molar-refractivity contribution in [3.8, 4) is 0 Å². The van der Waals surface area contributed by atoms with E-state index in [1.165, 1.54) is 0 Å². The number of aryl methyl sites for hydroxylation is 1. The summed E-state index contributed by atoms with van der Waals surface area (Å²) in [5.41, 5.74) is 4.76. The number of rotatable bonds is 5. The fourth-order valence-corrected chi connectivity index (χ4v) is 2.47. The number of nitrogens with zero attached hydrogens (tertiary/aromatic N) is 1. The van der Waals surface area contributed by atoms with Crippen LogP contribution in [0.15, 0.2) is 40.8 Å². The largest absolute Gasteiger partial charge is 0.326 e. The lowest BCUT2D eigenvalue weighted by Gasteiger charge is -2.04. The number of carbonyl (C=O) groups excluding carboxylic acids is 2. The highest BCUT2D eigenvalue weighted by atomic mass is 32.1. The van der Waals surface area contributed by atoms with Crippen molar-refractivity contribution in [1.82, 2.24) is 5.43 Å². The van der Waals surface area contributed by atoms with E-state index in [1.807, 2.05) is 18.4 Å². The van der Waals surface area contributed by atoms with Crippen LogP contribution in [0.3, 0.4) is 0 Å². The van der Waals surface area contributed by atoms with Gasteiger partial charge in [-0.25, -0.2) is 5.43 Å². The summed E-state index contributed by atoms with van der Waals surface area (Å²) in [6.07, 6.45) is 2.05. The molecule has 2 amide bonds. The summed E-state index contributed by atoms with van der Waals surface area (Å²) in [4.78, 5) is 24.2. The normalized spacial score (nSPS) is 10.6. The molecule has 6 heteroatoms. The van der Waals surface area contributed by atoms with Crippen LogP contribution >= 0.6 is 11.3 Å². The van der Waals surface area contributed by atoms with E-state index in [0.717, 1.165) is 10.4 Å². The minimum Gasteiger partial charge on any atom is -0.326 e. The van der Waals surface area contributed by atoms with Crippen LogP contribution in [0.1, 0.15) is 34.1 Å². The molecule has 0 fully saturated rings. The van der Waals surface area contributed by atoms with Crippen molar-refractivity contribution < 1.29 is 9.59 Å². The Morgan fingerprint density at radius 3 is 2.55 bits per heavy atom. The highest BCUT2D eigenvalue weighted by Crippen LogP contribution is 2.12. The first-order valence-electron chi connectivity index (χ1n) is 6.87. The Morgan fingerprint density at radius 1 is 1.23 bits per heavy atom. The number of amides is 2. The van der Waals surface area contributed by atoms with Crippen molar-refractivity contribution in [3.05, 3.63) is 51.7 Å². The molecule has 0 aliphatic rings. The highest BCUT2D eigenvalue weighted by molar-refractivity contribution is 7.11. The van der Waals surface area contributed by atoms with Crippen LogP contribution in [0.4, 0.5) is 5.69 Å². The molecule has 2 N–H and O–H groups in total. The third kappa shape index (κ3) is 4.26. The van der Waals surface area contributed by atoms with E-state index >= 15 is 0 Å². The highest BCUT2D eigenvalue weighted by Gasteiger charge is 2.05. The molecule has 2 aromatic rings. The van der Waals surface area contributed by atoms with E-state index in [2.05, 4.69) is 15.8 Å². The quantitative estimate of drug-likeness (QED) is 0.657. The Morgan fingerprint density at radius 2 is 1.95 bits per heavy atom. The summed E-state index contributed by atoms with van der Waals surface area (Å²) in [5, 5.41) is 8.65. The molecule has 0 saturated heterocycles. The SMILES string of the molecule is CCC(=O)Nc1ccc(C(=O)N/N=C\c2sccc2C)cc1. The van der Waals surface area contributed by atoms with Crippen LogP contribution in [0.2, 0.25) is 0 Å². The summed E-state index contributed by atoms with van der Waals surface area (Å²) < 4.78 is 0. The molecule has 0 saturated carbocycles. The number of benzene rings is 1. The summed E-state index contributed by atoms with van der Waals surface area (Å²) in [7, 11) is 0. The average molecular weight is 315 g/mol. The second-order valence-corrected chi connectivity index (χ2v) is 5.59. The van der Waals surface area contributed by atoms with E-state index in [4.69, 9.17) is 0 Å². The molecule has 2 rings (SSSR count). The van der Waals surface area contributed by atoms with Gasteiger partial charge in [0.15, 0.2) is 0 Å². The fourth-order valence-electron chi connectivity index (χ4n) is 1.69. The van der Waals surface area contributed by atoms with Crippen molar-refractivity contribution in [3.63, 3.8) is 0 Å². The van der Waals surface area contributed by atoms with Crippen LogP contribution in [0.25, 0.3) is 0 Å². The third-order valence-corrected chi connectivity index (χ3v) is 3.96. The molecule has 0 atom stereocenters. The van der Waals surface area contributed by atoms with Crippen molar-refractivity contribution in [2.24, 2.45) is 5.10 Å². The maximum Gasteiger partial charge on any atom is 0.271 e. The predicted octanol–water partition coefficient (Wildman–Crippen LogP) is 3.17. The monoisotopic (exact) mass is 315 g/mol. The minimum atomic E-state index is -0.293. The van der Waals surface area contributed by atoms with Gasteiger partial charge in [0.1, 0.15) is 0 Å². The van der Waals surface area contributed by atoms with Gasteiger partial charge in [-0.1, -0.05) is 6.92 Å².